The molecule has 4 aromatic carbocycles. The topological polar surface area (TPSA) is 37.4 Å². The lowest BCUT2D eigenvalue weighted by molar-refractivity contribution is -0.137. The fraction of sp³-hybridized carbons (Fsp3) is 0.0476. The zero-order chi connectivity index (χ0) is 16.3. The van der Waals surface area contributed by atoms with Gasteiger partial charge in [0.2, 0.25) is 0 Å². The molecule has 0 aromatic heterocycles. The van der Waals surface area contributed by atoms with E-state index in [1.807, 2.05) is 6.07 Å². The van der Waals surface area contributed by atoms with E-state index in [0.717, 1.165) is 10.9 Å². The van der Waals surface area contributed by atoms with Gasteiger partial charge in [0.25, 0.3) is 11.8 Å². The first-order valence-corrected chi connectivity index (χ1v) is 7.91. The van der Waals surface area contributed by atoms with E-state index in [4.69, 9.17) is 0 Å². The summed E-state index contributed by atoms with van der Waals surface area (Å²) in [6.45, 7) is 0.304. The summed E-state index contributed by atoms with van der Waals surface area (Å²) in [7, 11) is 0. The van der Waals surface area contributed by atoms with Gasteiger partial charge in [-0.15, -0.1) is 0 Å². The third kappa shape index (κ3) is 1.72. The standard InChI is InChI=1S/C21H13NO2/c23-18-10-11-19(24)22(18)12-16-7-6-15-5-4-13-2-1-3-14-8-9-17(16)21(15)20(13)14/h1-11H,12H2. The van der Waals surface area contributed by atoms with Crippen molar-refractivity contribution in [3.8, 4) is 0 Å². The first-order chi connectivity index (χ1) is 11.7. The highest BCUT2D eigenvalue weighted by Gasteiger charge is 2.24. The van der Waals surface area contributed by atoms with Crippen LogP contribution in [0.4, 0.5) is 0 Å². The maximum absolute atomic E-state index is 11.9. The molecule has 0 spiro atoms. The van der Waals surface area contributed by atoms with Gasteiger partial charge in [0.05, 0.1) is 6.54 Å². The van der Waals surface area contributed by atoms with Crippen LogP contribution in [0, 0.1) is 0 Å². The van der Waals surface area contributed by atoms with Crippen LogP contribution >= 0.6 is 0 Å². The molecule has 24 heavy (non-hydrogen) atoms. The summed E-state index contributed by atoms with van der Waals surface area (Å²) in [5.41, 5.74) is 0.992. The van der Waals surface area contributed by atoms with E-state index in [1.54, 1.807) is 0 Å². The number of carbonyl (C=O) groups excluding carboxylic acids is 2. The Morgan fingerprint density at radius 3 is 1.96 bits per heavy atom. The van der Waals surface area contributed by atoms with E-state index in [-0.39, 0.29) is 11.8 Å². The van der Waals surface area contributed by atoms with Gasteiger partial charge in [0.1, 0.15) is 0 Å². The molecule has 0 N–H and O–H groups in total. The van der Waals surface area contributed by atoms with E-state index >= 15 is 0 Å². The quantitative estimate of drug-likeness (QED) is 0.414. The lowest BCUT2D eigenvalue weighted by atomic mass is 9.92. The highest BCUT2D eigenvalue weighted by molar-refractivity contribution is 6.23. The average molecular weight is 311 g/mol. The molecule has 3 nitrogen and oxygen atoms in total. The Kier molecular flexibility index (Phi) is 2.57. The number of imide groups is 1. The molecule has 2 amide bonds. The predicted molar refractivity (Wildman–Crippen MR) is 94.8 cm³/mol. The summed E-state index contributed by atoms with van der Waals surface area (Å²) in [5, 5.41) is 7.14. The maximum Gasteiger partial charge on any atom is 0.253 e. The second-order valence-electron chi connectivity index (χ2n) is 6.18. The molecule has 0 atom stereocenters. The Morgan fingerprint density at radius 2 is 1.25 bits per heavy atom. The Labute approximate surface area is 138 Å². The normalized spacial score (nSPS) is 14.8. The number of rotatable bonds is 2. The molecule has 0 radical (unpaired) electrons. The van der Waals surface area contributed by atoms with Crippen LogP contribution in [0.15, 0.2) is 66.7 Å². The van der Waals surface area contributed by atoms with Crippen molar-refractivity contribution in [3.05, 3.63) is 72.3 Å². The number of nitrogens with zero attached hydrogens (tertiary/aromatic N) is 1. The first kappa shape index (κ1) is 13.3. The zero-order valence-corrected chi connectivity index (χ0v) is 12.8. The molecule has 1 aliphatic rings. The van der Waals surface area contributed by atoms with Gasteiger partial charge in [-0.1, -0.05) is 54.6 Å². The van der Waals surface area contributed by atoms with Crippen molar-refractivity contribution < 1.29 is 9.59 Å². The minimum absolute atomic E-state index is 0.245. The number of hydrogen-bond acceptors (Lipinski definition) is 2. The Morgan fingerprint density at radius 1 is 0.667 bits per heavy atom. The second kappa shape index (κ2) is 4.65. The van der Waals surface area contributed by atoms with Crippen LogP contribution in [0.3, 0.4) is 0 Å². The van der Waals surface area contributed by atoms with Gasteiger partial charge in [0, 0.05) is 12.2 Å². The summed E-state index contributed by atoms with van der Waals surface area (Å²) in [5.74, 6) is -0.489. The first-order valence-electron chi connectivity index (χ1n) is 7.91. The molecule has 0 unspecified atom stereocenters. The van der Waals surface area contributed by atoms with Crippen molar-refractivity contribution in [2.24, 2.45) is 0 Å². The summed E-state index contributed by atoms with van der Waals surface area (Å²) in [6, 6.07) is 18.9. The smallest absolute Gasteiger partial charge is 0.253 e. The summed E-state index contributed by atoms with van der Waals surface area (Å²) in [4.78, 5) is 25.0. The monoisotopic (exact) mass is 311 g/mol. The molecule has 1 heterocycles. The fourth-order valence-corrected chi connectivity index (χ4v) is 3.69. The van der Waals surface area contributed by atoms with Crippen LogP contribution in [0.1, 0.15) is 5.56 Å². The summed E-state index contributed by atoms with van der Waals surface area (Å²) < 4.78 is 0. The second-order valence-corrected chi connectivity index (χ2v) is 6.18. The third-order valence-corrected chi connectivity index (χ3v) is 4.85. The lowest BCUT2D eigenvalue weighted by Crippen LogP contribution is -2.29. The van der Waals surface area contributed by atoms with Crippen LogP contribution in [0.2, 0.25) is 0 Å². The van der Waals surface area contributed by atoms with Crippen molar-refractivity contribution in [1.29, 1.82) is 0 Å². The van der Waals surface area contributed by atoms with Gasteiger partial charge < -0.3 is 0 Å². The van der Waals surface area contributed by atoms with Gasteiger partial charge in [-0.2, -0.15) is 0 Å². The Hall–Kier alpha value is -3.20. The van der Waals surface area contributed by atoms with E-state index in [9.17, 15) is 9.59 Å². The van der Waals surface area contributed by atoms with Crippen molar-refractivity contribution in [2.45, 2.75) is 6.54 Å². The molecular formula is C21H13NO2. The Bertz CT molecular complexity index is 1140. The molecule has 3 heteroatoms. The molecule has 0 bridgehead atoms. The molecule has 0 aliphatic carbocycles. The molecule has 1 aliphatic heterocycles. The predicted octanol–water partition coefficient (Wildman–Crippen LogP) is 4.01. The van der Waals surface area contributed by atoms with E-state index in [1.165, 1.54) is 44.0 Å². The molecule has 0 saturated heterocycles. The molecule has 0 fully saturated rings. The molecule has 0 saturated carbocycles. The largest absolute Gasteiger partial charge is 0.271 e. The van der Waals surface area contributed by atoms with Gasteiger partial charge in [-0.3, -0.25) is 14.5 Å². The van der Waals surface area contributed by atoms with Gasteiger partial charge in [-0.25, -0.2) is 0 Å². The number of amides is 2. The minimum Gasteiger partial charge on any atom is -0.271 e. The van der Waals surface area contributed by atoms with Crippen LogP contribution in [-0.2, 0) is 16.1 Å². The number of carbonyl (C=O) groups is 2. The van der Waals surface area contributed by atoms with Gasteiger partial charge in [0.15, 0.2) is 0 Å². The van der Waals surface area contributed by atoms with E-state index in [2.05, 4.69) is 48.5 Å². The van der Waals surface area contributed by atoms with Crippen LogP contribution in [-0.4, -0.2) is 16.7 Å². The highest BCUT2D eigenvalue weighted by atomic mass is 16.2. The third-order valence-electron chi connectivity index (χ3n) is 4.85. The number of hydrogen-bond donors (Lipinski definition) is 0. The summed E-state index contributed by atoms with van der Waals surface area (Å²) >= 11 is 0. The minimum atomic E-state index is -0.245. The highest BCUT2D eigenvalue weighted by Crippen LogP contribution is 2.36. The van der Waals surface area contributed by atoms with Gasteiger partial charge in [-0.05, 0) is 37.9 Å². The van der Waals surface area contributed by atoms with Crippen molar-refractivity contribution in [1.82, 2.24) is 4.90 Å². The lowest BCUT2D eigenvalue weighted by Gasteiger charge is -2.18. The molecule has 114 valence electrons. The summed E-state index contributed by atoms with van der Waals surface area (Å²) in [6.07, 6.45) is 2.66. The van der Waals surface area contributed by atoms with Crippen molar-refractivity contribution in [3.63, 3.8) is 0 Å². The molecular weight excluding hydrogens is 298 g/mol. The number of benzene rings is 4. The van der Waals surface area contributed by atoms with E-state index < -0.39 is 0 Å². The van der Waals surface area contributed by atoms with E-state index in [0.29, 0.717) is 6.54 Å². The molecule has 5 rings (SSSR count). The molecule has 4 aromatic rings. The maximum atomic E-state index is 11.9. The fourth-order valence-electron chi connectivity index (χ4n) is 3.69. The Balaban J connectivity index is 1.78. The SMILES string of the molecule is O=C1C=CC(=O)N1Cc1ccc2ccc3cccc4ccc1c2c34. The average Bonchev–Trinajstić information content (AvgIpc) is 2.93. The van der Waals surface area contributed by atoms with Crippen molar-refractivity contribution in [2.75, 3.05) is 0 Å². The van der Waals surface area contributed by atoms with Crippen LogP contribution in [0.25, 0.3) is 32.3 Å². The van der Waals surface area contributed by atoms with Crippen LogP contribution in [0.5, 0.6) is 0 Å². The van der Waals surface area contributed by atoms with Crippen molar-refractivity contribution >= 4 is 44.1 Å². The van der Waals surface area contributed by atoms with Crippen LogP contribution < -0.4 is 0 Å². The zero-order valence-electron chi connectivity index (χ0n) is 12.8. The van der Waals surface area contributed by atoms with Gasteiger partial charge >= 0.3 is 0 Å².